The van der Waals surface area contributed by atoms with Gasteiger partial charge in [-0.05, 0) is 24.8 Å². The molecule has 1 aliphatic rings. The fraction of sp³-hybridized carbons (Fsp3) is 0.467. The first-order valence-electron chi connectivity index (χ1n) is 6.32. The number of ketones is 1. The van der Waals surface area contributed by atoms with Crippen LogP contribution >= 0.6 is 0 Å². The molecule has 0 saturated heterocycles. The molecule has 1 aromatic rings. The molecule has 2 rings (SSSR count). The van der Waals surface area contributed by atoms with Gasteiger partial charge in [0.25, 0.3) is 0 Å². The smallest absolute Gasteiger partial charge is 0.143 e. The van der Waals surface area contributed by atoms with Gasteiger partial charge in [0.2, 0.25) is 0 Å². The molecule has 1 fully saturated rings. The molecule has 0 aromatic heterocycles. The van der Waals surface area contributed by atoms with Crippen molar-refractivity contribution in [2.75, 3.05) is 0 Å². The Labute approximate surface area is 102 Å². The largest absolute Gasteiger partial charge is 0.303 e. The number of hydrogen-bond donors (Lipinski definition) is 0. The van der Waals surface area contributed by atoms with Crippen molar-refractivity contribution in [2.45, 2.75) is 43.9 Å². The first-order chi connectivity index (χ1) is 8.29. The highest BCUT2D eigenvalue weighted by Crippen LogP contribution is 2.40. The molecular formula is C15H18O2. The van der Waals surface area contributed by atoms with E-state index in [1.807, 2.05) is 30.3 Å². The molecule has 0 aliphatic heterocycles. The fourth-order valence-electron chi connectivity index (χ4n) is 2.87. The van der Waals surface area contributed by atoms with E-state index in [2.05, 4.69) is 0 Å². The van der Waals surface area contributed by atoms with Crippen molar-refractivity contribution < 1.29 is 9.59 Å². The van der Waals surface area contributed by atoms with Crippen LogP contribution in [0.25, 0.3) is 0 Å². The van der Waals surface area contributed by atoms with Crippen molar-refractivity contribution in [1.29, 1.82) is 0 Å². The summed E-state index contributed by atoms with van der Waals surface area (Å²) in [5.41, 5.74) is 0.701. The number of rotatable bonds is 4. The van der Waals surface area contributed by atoms with Crippen LogP contribution in [-0.4, -0.2) is 12.1 Å². The highest BCUT2D eigenvalue weighted by molar-refractivity contribution is 5.91. The SMILES string of the molecule is O=CCC[C@@]1(c2ccccc2)CCCCC1=O. The summed E-state index contributed by atoms with van der Waals surface area (Å²) in [6, 6.07) is 9.95. The van der Waals surface area contributed by atoms with Gasteiger partial charge in [-0.15, -0.1) is 0 Å². The molecule has 0 radical (unpaired) electrons. The maximum Gasteiger partial charge on any atom is 0.143 e. The van der Waals surface area contributed by atoms with Gasteiger partial charge in [0.05, 0.1) is 5.41 Å². The molecule has 0 heterocycles. The zero-order valence-electron chi connectivity index (χ0n) is 10.0. The molecular weight excluding hydrogens is 212 g/mol. The second kappa shape index (κ2) is 5.26. The van der Waals surface area contributed by atoms with E-state index in [9.17, 15) is 9.59 Å². The minimum absolute atomic E-state index is 0.316. The summed E-state index contributed by atoms with van der Waals surface area (Å²) < 4.78 is 0. The van der Waals surface area contributed by atoms with Gasteiger partial charge in [-0.25, -0.2) is 0 Å². The van der Waals surface area contributed by atoms with E-state index in [4.69, 9.17) is 0 Å². The summed E-state index contributed by atoms with van der Waals surface area (Å²) in [5.74, 6) is 0.316. The zero-order chi connectivity index (χ0) is 12.1. The lowest BCUT2D eigenvalue weighted by molar-refractivity contribution is -0.127. The van der Waals surface area contributed by atoms with Crippen LogP contribution in [-0.2, 0) is 15.0 Å². The fourth-order valence-corrected chi connectivity index (χ4v) is 2.87. The molecule has 0 spiro atoms. The van der Waals surface area contributed by atoms with Crippen LogP contribution in [0.15, 0.2) is 30.3 Å². The Morgan fingerprint density at radius 1 is 1.18 bits per heavy atom. The van der Waals surface area contributed by atoms with E-state index in [-0.39, 0.29) is 5.41 Å². The van der Waals surface area contributed by atoms with Gasteiger partial charge in [-0.3, -0.25) is 4.79 Å². The first kappa shape index (κ1) is 12.0. The molecule has 0 unspecified atom stereocenters. The third-order valence-corrected chi connectivity index (χ3v) is 3.81. The van der Waals surface area contributed by atoms with E-state index < -0.39 is 0 Å². The summed E-state index contributed by atoms with van der Waals surface area (Å²) in [6.45, 7) is 0. The van der Waals surface area contributed by atoms with E-state index in [0.717, 1.165) is 31.1 Å². The Balaban J connectivity index is 2.35. The molecule has 0 N–H and O–H groups in total. The van der Waals surface area contributed by atoms with Gasteiger partial charge in [-0.2, -0.15) is 0 Å². The topological polar surface area (TPSA) is 34.1 Å². The molecule has 1 aliphatic carbocycles. The highest BCUT2D eigenvalue weighted by Gasteiger charge is 2.40. The lowest BCUT2D eigenvalue weighted by Gasteiger charge is -2.36. The van der Waals surface area contributed by atoms with E-state index in [1.165, 1.54) is 0 Å². The predicted molar refractivity (Wildman–Crippen MR) is 66.9 cm³/mol. The normalized spacial score (nSPS) is 24.6. The minimum Gasteiger partial charge on any atom is -0.303 e. The molecule has 1 saturated carbocycles. The van der Waals surface area contributed by atoms with Crippen molar-refractivity contribution in [3.05, 3.63) is 35.9 Å². The number of carbonyl (C=O) groups excluding carboxylic acids is 2. The first-order valence-corrected chi connectivity index (χ1v) is 6.32. The number of hydrogen-bond acceptors (Lipinski definition) is 2. The lowest BCUT2D eigenvalue weighted by atomic mass is 9.66. The molecule has 17 heavy (non-hydrogen) atoms. The Morgan fingerprint density at radius 3 is 2.59 bits per heavy atom. The van der Waals surface area contributed by atoms with Gasteiger partial charge >= 0.3 is 0 Å². The summed E-state index contributed by atoms with van der Waals surface area (Å²) >= 11 is 0. The van der Waals surface area contributed by atoms with Crippen LogP contribution in [0.3, 0.4) is 0 Å². The Bertz CT molecular complexity index is 397. The van der Waals surface area contributed by atoms with Crippen LogP contribution < -0.4 is 0 Å². The zero-order valence-corrected chi connectivity index (χ0v) is 10.0. The van der Waals surface area contributed by atoms with Crippen molar-refractivity contribution >= 4 is 12.1 Å². The average Bonchev–Trinajstić information content (AvgIpc) is 2.39. The summed E-state index contributed by atoms with van der Waals surface area (Å²) in [4.78, 5) is 22.9. The number of aldehydes is 1. The monoisotopic (exact) mass is 230 g/mol. The molecule has 1 atom stereocenters. The molecule has 0 bridgehead atoms. The molecule has 2 nitrogen and oxygen atoms in total. The lowest BCUT2D eigenvalue weighted by Crippen LogP contribution is -2.38. The Kier molecular flexibility index (Phi) is 3.72. The number of carbonyl (C=O) groups is 2. The summed E-state index contributed by atoms with van der Waals surface area (Å²) in [7, 11) is 0. The van der Waals surface area contributed by atoms with Crippen molar-refractivity contribution in [3.8, 4) is 0 Å². The van der Waals surface area contributed by atoms with Gasteiger partial charge in [0.1, 0.15) is 12.1 Å². The number of Topliss-reactive ketones (excluding diaryl/α,β-unsaturated/α-hetero) is 1. The molecule has 90 valence electrons. The maximum absolute atomic E-state index is 12.3. The Morgan fingerprint density at radius 2 is 1.94 bits per heavy atom. The maximum atomic E-state index is 12.3. The molecule has 1 aromatic carbocycles. The van der Waals surface area contributed by atoms with E-state index >= 15 is 0 Å². The standard InChI is InChI=1S/C15H18O2/c16-12-6-11-15(10-5-4-9-14(15)17)13-7-2-1-3-8-13/h1-3,7-8,12H,4-6,9-11H2/t15-/m1/s1. The molecule has 0 amide bonds. The third kappa shape index (κ3) is 2.31. The van der Waals surface area contributed by atoms with Crippen LogP contribution in [0.4, 0.5) is 0 Å². The van der Waals surface area contributed by atoms with Crippen LogP contribution in [0, 0.1) is 0 Å². The quantitative estimate of drug-likeness (QED) is 0.745. The third-order valence-electron chi connectivity index (χ3n) is 3.81. The summed E-state index contributed by atoms with van der Waals surface area (Å²) in [6.07, 6.45) is 5.69. The van der Waals surface area contributed by atoms with Crippen molar-refractivity contribution in [3.63, 3.8) is 0 Å². The second-order valence-electron chi connectivity index (χ2n) is 4.78. The predicted octanol–water partition coefficient (Wildman–Crippen LogP) is 3.05. The van der Waals surface area contributed by atoms with E-state index in [0.29, 0.717) is 25.0 Å². The van der Waals surface area contributed by atoms with Gasteiger partial charge < -0.3 is 4.79 Å². The highest BCUT2D eigenvalue weighted by atomic mass is 16.1. The number of benzene rings is 1. The van der Waals surface area contributed by atoms with Gasteiger partial charge in [0, 0.05) is 12.8 Å². The van der Waals surface area contributed by atoms with Crippen LogP contribution in [0.1, 0.15) is 44.1 Å². The Hall–Kier alpha value is -1.44. The van der Waals surface area contributed by atoms with Crippen molar-refractivity contribution in [2.24, 2.45) is 0 Å². The molecule has 2 heteroatoms. The van der Waals surface area contributed by atoms with Crippen LogP contribution in [0.5, 0.6) is 0 Å². The van der Waals surface area contributed by atoms with E-state index in [1.54, 1.807) is 0 Å². The van der Waals surface area contributed by atoms with Gasteiger partial charge in [0.15, 0.2) is 0 Å². The van der Waals surface area contributed by atoms with Crippen molar-refractivity contribution in [1.82, 2.24) is 0 Å². The second-order valence-corrected chi connectivity index (χ2v) is 4.78. The van der Waals surface area contributed by atoms with Crippen LogP contribution in [0.2, 0.25) is 0 Å². The minimum atomic E-state index is -0.388. The van der Waals surface area contributed by atoms with Gasteiger partial charge in [-0.1, -0.05) is 36.8 Å². The summed E-state index contributed by atoms with van der Waals surface area (Å²) in [5, 5.41) is 0. The average molecular weight is 230 g/mol.